The molecule has 0 atom stereocenters. The summed E-state index contributed by atoms with van der Waals surface area (Å²) in [6, 6.07) is 4.53. The van der Waals surface area contributed by atoms with Crippen molar-refractivity contribution in [3.05, 3.63) is 21.9 Å². The Morgan fingerprint density at radius 2 is 1.96 bits per heavy atom. The maximum absolute atomic E-state index is 12.4. The lowest BCUT2D eigenvalue weighted by atomic mass is 9.88. The Morgan fingerprint density at radius 1 is 1.29 bits per heavy atom. The predicted molar refractivity (Wildman–Crippen MR) is 99.4 cm³/mol. The molecule has 1 amide bonds. The summed E-state index contributed by atoms with van der Waals surface area (Å²) >= 11 is 1.93. The fourth-order valence-electron chi connectivity index (χ4n) is 3.37. The van der Waals surface area contributed by atoms with Gasteiger partial charge in [0.15, 0.2) is 0 Å². The van der Waals surface area contributed by atoms with Gasteiger partial charge in [0, 0.05) is 43.5 Å². The van der Waals surface area contributed by atoms with Crippen molar-refractivity contribution < 1.29 is 4.79 Å². The molecule has 0 aliphatic carbocycles. The van der Waals surface area contributed by atoms with Crippen LogP contribution in [0.1, 0.15) is 36.4 Å². The number of hydrogen-bond acceptors (Lipinski definition) is 5. The van der Waals surface area contributed by atoms with Gasteiger partial charge in [-0.05, 0) is 37.3 Å². The third-order valence-corrected chi connectivity index (χ3v) is 5.87. The number of piperidine rings is 1. The number of nitrogens with one attached hydrogen (secondary N) is 1. The van der Waals surface area contributed by atoms with E-state index >= 15 is 0 Å². The summed E-state index contributed by atoms with van der Waals surface area (Å²) in [5.74, 6) is 1.47. The molecule has 1 spiro atoms. The molecule has 1 saturated heterocycles. The minimum Gasteiger partial charge on any atom is -0.349 e. The van der Waals surface area contributed by atoms with Gasteiger partial charge in [0.25, 0.3) is 5.91 Å². The number of guanidine groups is 1. The lowest BCUT2D eigenvalue weighted by Crippen LogP contribution is -2.49. The van der Waals surface area contributed by atoms with Crippen LogP contribution < -0.4 is 5.32 Å². The second-order valence-electron chi connectivity index (χ2n) is 7.56. The van der Waals surface area contributed by atoms with Gasteiger partial charge in [0.1, 0.15) is 5.54 Å². The SMILES string of the molecule is CC(C)Cc1ccc(CN2CCC3(CC2)N=C(N(C)C)NC3=O)s1. The Balaban J connectivity index is 1.57. The number of likely N-dealkylation sites (tertiary alicyclic amines) is 1. The quantitative estimate of drug-likeness (QED) is 0.908. The monoisotopic (exact) mass is 348 g/mol. The van der Waals surface area contributed by atoms with Crippen molar-refractivity contribution in [2.75, 3.05) is 27.2 Å². The van der Waals surface area contributed by atoms with Crippen LogP contribution in [-0.2, 0) is 17.8 Å². The number of aliphatic imine (C=N–C) groups is 1. The van der Waals surface area contributed by atoms with Crippen LogP contribution in [0.15, 0.2) is 17.1 Å². The number of carbonyl (C=O) groups is 1. The molecule has 132 valence electrons. The zero-order chi connectivity index (χ0) is 17.3. The fourth-order valence-corrected chi connectivity index (χ4v) is 4.64. The van der Waals surface area contributed by atoms with E-state index in [-0.39, 0.29) is 5.91 Å². The molecule has 2 aliphatic heterocycles. The van der Waals surface area contributed by atoms with E-state index in [2.05, 4.69) is 36.2 Å². The largest absolute Gasteiger partial charge is 0.349 e. The van der Waals surface area contributed by atoms with Crippen molar-refractivity contribution in [1.29, 1.82) is 0 Å². The normalized spacial score (nSPS) is 20.5. The highest BCUT2D eigenvalue weighted by molar-refractivity contribution is 7.11. The van der Waals surface area contributed by atoms with Gasteiger partial charge in [-0.15, -0.1) is 11.3 Å². The molecule has 0 saturated carbocycles. The van der Waals surface area contributed by atoms with Crippen molar-refractivity contribution >= 4 is 23.2 Å². The fraction of sp³-hybridized carbons (Fsp3) is 0.667. The Bertz CT molecular complexity index is 627. The molecule has 3 rings (SSSR count). The van der Waals surface area contributed by atoms with Crippen molar-refractivity contribution in [3.8, 4) is 0 Å². The molecule has 3 heterocycles. The average Bonchev–Trinajstić information content (AvgIpc) is 3.07. The molecule has 6 heteroatoms. The number of nitrogens with zero attached hydrogens (tertiary/aromatic N) is 3. The highest BCUT2D eigenvalue weighted by Crippen LogP contribution is 2.31. The summed E-state index contributed by atoms with van der Waals surface area (Å²) in [5, 5.41) is 2.92. The van der Waals surface area contributed by atoms with Gasteiger partial charge < -0.3 is 4.90 Å². The zero-order valence-corrected chi connectivity index (χ0v) is 15.9. The highest BCUT2D eigenvalue weighted by Gasteiger charge is 2.46. The van der Waals surface area contributed by atoms with E-state index in [1.54, 1.807) is 0 Å². The summed E-state index contributed by atoms with van der Waals surface area (Å²) in [5.41, 5.74) is -0.533. The van der Waals surface area contributed by atoms with Crippen LogP contribution in [0.2, 0.25) is 0 Å². The topological polar surface area (TPSA) is 47.9 Å². The summed E-state index contributed by atoms with van der Waals surface area (Å²) in [6.07, 6.45) is 2.77. The molecule has 24 heavy (non-hydrogen) atoms. The van der Waals surface area contributed by atoms with Crippen LogP contribution in [0.4, 0.5) is 0 Å². The molecule has 1 aromatic heterocycles. The van der Waals surface area contributed by atoms with Gasteiger partial charge in [0.05, 0.1) is 0 Å². The molecule has 2 aliphatic rings. The lowest BCUT2D eigenvalue weighted by Gasteiger charge is -2.35. The Morgan fingerprint density at radius 3 is 2.54 bits per heavy atom. The van der Waals surface area contributed by atoms with Gasteiger partial charge in [-0.1, -0.05) is 13.8 Å². The van der Waals surface area contributed by atoms with Crippen molar-refractivity contribution in [3.63, 3.8) is 0 Å². The summed E-state index contributed by atoms with van der Waals surface area (Å²) in [7, 11) is 3.83. The molecule has 1 N–H and O–H groups in total. The van der Waals surface area contributed by atoms with Crippen LogP contribution >= 0.6 is 11.3 Å². The minimum atomic E-state index is -0.533. The van der Waals surface area contributed by atoms with Crippen LogP contribution in [-0.4, -0.2) is 54.4 Å². The summed E-state index contributed by atoms with van der Waals surface area (Å²) < 4.78 is 0. The molecule has 0 unspecified atom stereocenters. The predicted octanol–water partition coefficient (Wildman–Crippen LogP) is 2.33. The van der Waals surface area contributed by atoms with Crippen molar-refractivity contribution in [2.24, 2.45) is 10.9 Å². The molecule has 0 bridgehead atoms. The average molecular weight is 349 g/mol. The molecular formula is C18H28N4OS. The first kappa shape index (κ1) is 17.4. The number of thiophene rings is 1. The Labute approximate surface area is 148 Å². The lowest BCUT2D eigenvalue weighted by molar-refractivity contribution is -0.125. The molecule has 1 fully saturated rings. The first-order valence-electron chi connectivity index (χ1n) is 8.76. The molecule has 1 aromatic rings. The first-order valence-corrected chi connectivity index (χ1v) is 9.58. The minimum absolute atomic E-state index is 0.0705. The van der Waals surface area contributed by atoms with E-state index in [9.17, 15) is 4.79 Å². The molecule has 5 nitrogen and oxygen atoms in total. The zero-order valence-electron chi connectivity index (χ0n) is 15.1. The van der Waals surface area contributed by atoms with E-state index < -0.39 is 5.54 Å². The van der Waals surface area contributed by atoms with Crippen LogP contribution in [0.25, 0.3) is 0 Å². The van der Waals surface area contributed by atoms with Crippen LogP contribution in [0, 0.1) is 5.92 Å². The number of hydrogen-bond donors (Lipinski definition) is 1. The first-order chi connectivity index (χ1) is 11.4. The number of carbonyl (C=O) groups excluding carboxylic acids is 1. The van der Waals surface area contributed by atoms with Crippen LogP contribution in [0.5, 0.6) is 0 Å². The van der Waals surface area contributed by atoms with Crippen LogP contribution in [0.3, 0.4) is 0 Å². The summed E-state index contributed by atoms with van der Waals surface area (Å²) in [4.78, 5) is 24.3. The van der Waals surface area contributed by atoms with E-state index in [4.69, 9.17) is 4.99 Å². The maximum Gasteiger partial charge on any atom is 0.254 e. The van der Waals surface area contributed by atoms with E-state index in [1.165, 1.54) is 9.75 Å². The Kier molecular flexibility index (Phi) is 4.97. The van der Waals surface area contributed by atoms with Gasteiger partial charge in [0.2, 0.25) is 5.96 Å². The maximum atomic E-state index is 12.4. The standard InChI is InChI=1S/C18H28N4OS/c1-13(2)11-14-5-6-15(24-14)12-22-9-7-18(8-10-22)16(23)19-17(20-18)21(3)4/h5-6,13H,7-12H2,1-4H3,(H,19,20,23). The smallest absolute Gasteiger partial charge is 0.254 e. The number of rotatable bonds is 4. The van der Waals surface area contributed by atoms with Gasteiger partial charge in [-0.3, -0.25) is 15.0 Å². The van der Waals surface area contributed by atoms with E-state index in [0.717, 1.165) is 38.9 Å². The molecule has 0 radical (unpaired) electrons. The van der Waals surface area contributed by atoms with Gasteiger partial charge in [-0.25, -0.2) is 4.99 Å². The second kappa shape index (κ2) is 6.84. The second-order valence-corrected chi connectivity index (χ2v) is 8.81. The van der Waals surface area contributed by atoms with E-state index in [1.807, 2.05) is 30.3 Å². The van der Waals surface area contributed by atoms with E-state index in [0.29, 0.717) is 11.9 Å². The third kappa shape index (κ3) is 3.64. The highest BCUT2D eigenvalue weighted by atomic mass is 32.1. The molecule has 0 aromatic carbocycles. The van der Waals surface area contributed by atoms with Gasteiger partial charge >= 0.3 is 0 Å². The number of amides is 1. The molecular weight excluding hydrogens is 320 g/mol. The Hall–Kier alpha value is -1.40. The van der Waals surface area contributed by atoms with Gasteiger partial charge in [-0.2, -0.15) is 0 Å². The van der Waals surface area contributed by atoms with Crippen molar-refractivity contribution in [1.82, 2.24) is 15.1 Å². The van der Waals surface area contributed by atoms with Crippen molar-refractivity contribution in [2.45, 2.75) is 45.2 Å². The summed E-state index contributed by atoms with van der Waals surface area (Å²) in [6.45, 7) is 7.37. The third-order valence-electron chi connectivity index (χ3n) is 4.78.